The van der Waals surface area contributed by atoms with Gasteiger partial charge >= 0.3 is 0 Å². The highest BCUT2D eigenvalue weighted by atomic mass is 32.2. The van der Waals surface area contributed by atoms with Crippen LogP contribution in [0.4, 0.5) is 0 Å². The standard InChI is InChI=1S/C19H29N3O4S/c20-18-5-1-3-15(18)11-19(23)21-12-14-6-8-17(9-7-14)27(24,25)22-13-16-4-2-10-26-16/h6-9,15-16,18,22H,1-5,10-13,20H2,(H,21,23)/t15-,16?,18+/m0/s1. The van der Waals surface area contributed by atoms with Gasteiger partial charge in [-0.2, -0.15) is 0 Å². The highest BCUT2D eigenvalue weighted by molar-refractivity contribution is 7.89. The third-order valence-electron chi connectivity index (χ3n) is 5.41. The predicted molar refractivity (Wildman–Crippen MR) is 102 cm³/mol. The fourth-order valence-corrected chi connectivity index (χ4v) is 4.77. The Morgan fingerprint density at radius 2 is 1.93 bits per heavy atom. The lowest BCUT2D eigenvalue weighted by molar-refractivity contribution is -0.122. The van der Waals surface area contributed by atoms with Crippen LogP contribution in [0.3, 0.4) is 0 Å². The Morgan fingerprint density at radius 3 is 2.56 bits per heavy atom. The normalized spacial score (nSPS) is 25.6. The molecule has 1 unspecified atom stereocenters. The fourth-order valence-electron chi connectivity index (χ4n) is 3.71. The van der Waals surface area contributed by atoms with Gasteiger partial charge < -0.3 is 15.8 Å². The first-order chi connectivity index (χ1) is 12.9. The number of nitrogens with two attached hydrogens (primary N) is 1. The maximum atomic E-state index is 12.3. The molecule has 7 nitrogen and oxygen atoms in total. The Bertz CT molecular complexity index is 730. The van der Waals surface area contributed by atoms with E-state index in [-0.39, 0.29) is 28.9 Å². The maximum absolute atomic E-state index is 12.3. The number of benzene rings is 1. The largest absolute Gasteiger partial charge is 0.377 e. The minimum Gasteiger partial charge on any atom is -0.377 e. The maximum Gasteiger partial charge on any atom is 0.240 e. The van der Waals surface area contributed by atoms with Crippen molar-refractivity contribution in [2.24, 2.45) is 11.7 Å². The zero-order chi connectivity index (χ0) is 19.3. The molecule has 0 aromatic heterocycles. The predicted octanol–water partition coefficient (Wildman–Crippen LogP) is 1.28. The molecule has 27 heavy (non-hydrogen) atoms. The van der Waals surface area contributed by atoms with Crippen molar-refractivity contribution < 1.29 is 17.9 Å². The van der Waals surface area contributed by atoms with Crippen molar-refractivity contribution in [2.45, 2.75) is 62.1 Å². The molecule has 1 saturated carbocycles. The Labute approximate surface area is 161 Å². The van der Waals surface area contributed by atoms with E-state index >= 15 is 0 Å². The van der Waals surface area contributed by atoms with Gasteiger partial charge in [0.25, 0.3) is 0 Å². The molecule has 1 aliphatic heterocycles. The number of nitrogens with one attached hydrogen (secondary N) is 2. The molecule has 0 bridgehead atoms. The Balaban J connectivity index is 1.46. The monoisotopic (exact) mass is 395 g/mol. The number of hydrogen-bond donors (Lipinski definition) is 3. The first-order valence-corrected chi connectivity index (χ1v) is 11.1. The minimum atomic E-state index is -3.55. The van der Waals surface area contributed by atoms with Gasteiger partial charge in [0.2, 0.25) is 15.9 Å². The molecule has 3 atom stereocenters. The molecule has 4 N–H and O–H groups in total. The molecule has 1 aliphatic carbocycles. The second-order valence-electron chi connectivity index (χ2n) is 7.47. The SMILES string of the molecule is N[C@@H]1CCC[C@H]1CC(=O)NCc1ccc(S(=O)(=O)NCC2CCCO2)cc1. The van der Waals surface area contributed by atoms with Crippen LogP contribution in [0.15, 0.2) is 29.2 Å². The number of carbonyl (C=O) groups excluding carboxylic acids is 1. The van der Waals surface area contributed by atoms with E-state index in [1.165, 1.54) is 0 Å². The van der Waals surface area contributed by atoms with Gasteiger partial charge in [-0.3, -0.25) is 4.79 Å². The van der Waals surface area contributed by atoms with Gasteiger partial charge in [0.15, 0.2) is 0 Å². The molecule has 0 radical (unpaired) electrons. The van der Waals surface area contributed by atoms with Gasteiger partial charge in [-0.1, -0.05) is 18.6 Å². The molecule has 1 aromatic carbocycles. The van der Waals surface area contributed by atoms with Crippen molar-refractivity contribution in [3.05, 3.63) is 29.8 Å². The van der Waals surface area contributed by atoms with Crippen LogP contribution < -0.4 is 15.8 Å². The highest BCUT2D eigenvalue weighted by Crippen LogP contribution is 2.26. The molecule has 150 valence electrons. The number of sulfonamides is 1. The van der Waals surface area contributed by atoms with Gasteiger partial charge in [0.05, 0.1) is 11.0 Å². The van der Waals surface area contributed by atoms with Gasteiger partial charge in [-0.25, -0.2) is 13.1 Å². The van der Waals surface area contributed by atoms with E-state index < -0.39 is 10.0 Å². The Morgan fingerprint density at radius 1 is 1.15 bits per heavy atom. The number of carbonyl (C=O) groups is 1. The average molecular weight is 396 g/mol. The zero-order valence-electron chi connectivity index (χ0n) is 15.5. The summed E-state index contributed by atoms with van der Waals surface area (Å²) in [5, 5.41) is 2.89. The zero-order valence-corrected chi connectivity index (χ0v) is 16.3. The summed E-state index contributed by atoms with van der Waals surface area (Å²) < 4.78 is 32.7. The lowest BCUT2D eigenvalue weighted by atomic mass is 10.00. The van der Waals surface area contributed by atoms with Crippen molar-refractivity contribution in [3.8, 4) is 0 Å². The van der Waals surface area contributed by atoms with Gasteiger partial charge in [-0.05, 0) is 49.3 Å². The van der Waals surface area contributed by atoms with Gasteiger partial charge in [-0.15, -0.1) is 0 Å². The summed E-state index contributed by atoms with van der Waals surface area (Å²) >= 11 is 0. The summed E-state index contributed by atoms with van der Waals surface area (Å²) in [6.45, 7) is 1.37. The third kappa shape index (κ3) is 5.75. The molecule has 2 aliphatic rings. The van der Waals surface area contributed by atoms with Gasteiger partial charge in [0.1, 0.15) is 0 Å². The van der Waals surface area contributed by atoms with E-state index in [0.29, 0.717) is 26.1 Å². The van der Waals surface area contributed by atoms with Crippen LogP contribution in [0.2, 0.25) is 0 Å². The summed E-state index contributed by atoms with van der Waals surface area (Å²) in [5.41, 5.74) is 6.86. The van der Waals surface area contributed by atoms with Crippen LogP contribution in [0, 0.1) is 5.92 Å². The summed E-state index contributed by atoms with van der Waals surface area (Å²) in [5.74, 6) is 0.264. The van der Waals surface area contributed by atoms with E-state index in [0.717, 1.165) is 37.7 Å². The second-order valence-corrected chi connectivity index (χ2v) is 9.23. The molecule has 1 saturated heterocycles. The van der Waals surface area contributed by atoms with Gasteiger partial charge in [0, 0.05) is 32.2 Å². The smallest absolute Gasteiger partial charge is 0.240 e. The molecule has 1 aromatic rings. The number of amides is 1. The van der Waals surface area contributed by atoms with Crippen molar-refractivity contribution in [3.63, 3.8) is 0 Å². The molecular weight excluding hydrogens is 366 g/mol. The Kier molecular flexibility index (Phi) is 6.86. The summed E-state index contributed by atoms with van der Waals surface area (Å²) in [4.78, 5) is 12.3. The first-order valence-electron chi connectivity index (χ1n) is 9.66. The quantitative estimate of drug-likeness (QED) is 0.614. The van der Waals surface area contributed by atoms with E-state index in [1.807, 2.05) is 0 Å². The third-order valence-corrected chi connectivity index (χ3v) is 6.85. The molecule has 3 rings (SSSR count). The lowest BCUT2D eigenvalue weighted by Gasteiger charge is -2.15. The summed E-state index contributed by atoms with van der Waals surface area (Å²) in [6.07, 6.45) is 5.38. The van der Waals surface area contributed by atoms with Crippen molar-refractivity contribution in [2.75, 3.05) is 13.2 Å². The van der Waals surface area contributed by atoms with E-state index in [2.05, 4.69) is 10.0 Å². The van der Waals surface area contributed by atoms with Crippen molar-refractivity contribution >= 4 is 15.9 Å². The summed E-state index contributed by atoms with van der Waals surface area (Å²) in [7, 11) is -3.55. The number of hydrogen-bond acceptors (Lipinski definition) is 5. The lowest BCUT2D eigenvalue weighted by Crippen LogP contribution is -2.32. The molecule has 0 spiro atoms. The van der Waals surface area contributed by atoms with E-state index in [4.69, 9.17) is 10.5 Å². The average Bonchev–Trinajstić information content (AvgIpc) is 3.31. The fraction of sp³-hybridized carbons (Fsp3) is 0.632. The van der Waals surface area contributed by atoms with Crippen LogP contribution in [0.5, 0.6) is 0 Å². The molecule has 2 fully saturated rings. The number of ether oxygens (including phenoxy) is 1. The van der Waals surface area contributed by atoms with Crippen LogP contribution in [-0.4, -0.2) is 39.6 Å². The van der Waals surface area contributed by atoms with Crippen LogP contribution in [0.25, 0.3) is 0 Å². The molecule has 1 heterocycles. The first kappa shape index (κ1) is 20.3. The van der Waals surface area contributed by atoms with Crippen molar-refractivity contribution in [1.29, 1.82) is 0 Å². The highest BCUT2D eigenvalue weighted by Gasteiger charge is 2.26. The second kappa shape index (κ2) is 9.14. The minimum absolute atomic E-state index is 0.00715. The number of rotatable bonds is 8. The molecular formula is C19H29N3O4S. The van der Waals surface area contributed by atoms with E-state index in [9.17, 15) is 13.2 Å². The van der Waals surface area contributed by atoms with Crippen LogP contribution in [0.1, 0.15) is 44.1 Å². The van der Waals surface area contributed by atoms with Crippen LogP contribution >= 0.6 is 0 Å². The molecule has 1 amide bonds. The van der Waals surface area contributed by atoms with Crippen molar-refractivity contribution in [1.82, 2.24) is 10.0 Å². The van der Waals surface area contributed by atoms with E-state index in [1.54, 1.807) is 24.3 Å². The van der Waals surface area contributed by atoms with Crippen LogP contribution in [-0.2, 0) is 26.1 Å². The molecule has 8 heteroatoms. The Hall–Kier alpha value is -1.48. The topological polar surface area (TPSA) is 111 Å². The summed E-state index contributed by atoms with van der Waals surface area (Å²) in [6, 6.07) is 6.70.